The molecule has 0 aliphatic rings. The number of carbonyl (C=O) groups excluding carboxylic acids is 1. The van der Waals surface area contributed by atoms with E-state index in [0.29, 0.717) is 22.5 Å². The molecule has 0 saturated carbocycles. The Balaban J connectivity index is 1.78. The van der Waals surface area contributed by atoms with Crippen LogP contribution in [0.1, 0.15) is 16.1 Å². The fourth-order valence-corrected chi connectivity index (χ4v) is 2.22. The van der Waals surface area contributed by atoms with Gasteiger partial charge in [0, 0.05) is 23.4 Å². The highest BCUT2D eigenvalue weighted by Gasteiger charge is 2.13. The Morgan fingerprint density at radius 3 is 2.77 bits per heavy atom. The van der Waals surface area contributed by atoms with Crippen molar-refractivity contribution in [1.82, 2.24) is 30.0 Å². The third-order valence-corrected chi connectivity index (χ3v) is 3.55. The smallest absolute Gasteiger partial charge is 0.271 e. The van der Waals surface area contributed by atoms with Crippen molar-refractivity contribution >= 4 is 21.8 Å². The molecule has 8 heteroatoms. The Bertz CT molecular complexity index is 775. The number of nitrogens with zero attached hydrogens (tertiary/aromatic N) is 5. The Morgan fingerprint density at radius 1 is 1.23 bits per heavy atom. The molecule has 1 amide bonds. The third-order valence-electron chi connectivity index (χ3n) is 2.91. The summed E-state index contributed by atoms with van der Waals surface area (Å²) in [7, 11) is 0. The third kappa shape index (κ3) is 3.17. The molecule has 0 radical (unpaired) electrons. The van der Waals surface area contributed by atoms with Gasteiger partial charge in [-0.3, -0.25) is 14.3 Å². The van der Waals surface area contributed by atoms with E-state index in [0.717, 1.165) is 5.56 Å². The van der Waals surface area contributed by atoms with E-state index in [1.54, 1.807) is 29.1 Å². The van der Waals surface area contributed by atoms with Gasteiger partial charge in [0.25, 0.3) is 5.91 Å². The molecule has 0 spiro atoms. The zero-order chi connectivity index (χ0) is 15.4. The molecule has 110 valence electrons. The maximum Gasteiger partial charge on any atom is 0.271 e. The van der Waals surface area contributed by atoms with Crippen LogP contribution in [0.25, 0.3) is 5.82 Å². The molecule has 3 aromatic heterocycles. The second-order valence-electron chi connectivity index (χ2n) is 4.41. The largest absolute Gasteiger partial charge is 0.347 e. The van der Waals surface area contributed by atoms with Crippen LogP contribution in [0.2, 0.25) is 0 Å². The predicted molar refractivity (Wildman–Crippen MR) is 82.3 cm³/mol. The van der Waals surface area contributed by atoms with Gasteiger partial charge < -0.3 is 5.32 Å². The van der Waals surface area contributed by atoms with Crippen LogP contribution in [-0.2, 0) is 6.54 Å². The Hall–Kier alpha value is -2.61. The van der Waals surface area contributed by atoms with Crippen molar-refractivity contribution in [3.05, 3.63) is 65.0 Å². The van der Waals surface area contributed by atoms with Crippen molar-refractivity contribution in [3.63, 3.8) is 0 Å². The normalized spacial score (nSPS) is 10.4. The lowest BCUT2D eigenvalue weighted by Crippen LogP contribution is -2.24. The molecule has 3 aromatic rings. The van der Waals surface area contributed by atoms with Gasteiger partial charge in [-0.25, -0.2) is 4.98 Å². The van der Waals surface area contributed by atoms with E-state index in [1.165, 1.54) is 12.7 Å². The van der Waals surface area contributed by atoms with Gasteiger partial charge in [-0.1, -0.05) is 6.07 Å². The quantitative estimate of drug-likeness (QED) is 0.767. The molecule has 0 unspecified atom stereocenters. The highest BCUT2D eigenvalue weighted by atomic mass is 79.9. The predicted octanol–water partition coefficient (Wildman–Crippen LogP) is 1.75. The molecule has 0 bridgehead atoms. The first-order chi connectivity index (χ1) is 10.7. The number of pyridine rings is 2. The Kier molecular flexibility index (Phi) is 4.19. The first-order valence-corrected chi connectivity index (χ1v) is 7.22. The second-order valence-corrected chi connectivity index (χ2v) is 5.27. The summed E-state index contributed by atoms with van der Waals surface area (Å²) in [6, 6.07) is 7.25. The number of nitrogens with one attached hydrogen (secondary N) is 1. The summed E-state index contributed by atoms with van der Waals surface area (Å²) in [6.45, 7) is 0.387. The van der Waals surface area contributed by atoms with Gasteiger partial charge >= 0.3 is 0 Å². The van der Waals surface area contributed by atoms with Crippen molar-refractivity contribution in [1.29, 1.82) is 0 Å². The fraction of sp³-hybridized carbons (Fsp3) is 0.0714. The lowest BCUT2D eigenvalue weighted by Gasteiger charge is -2.08. The molecule has 22 heavy (non-hydrogen) atoms. The maximum absolute atomic E-state index is 12.3. The molecule has 0 aromatic carbocycles. The van der Waals surface area contributed by atoms with E-state index >= 15 is 0 Å². The fourth-order valence-electron chi connectivity index (χ4n) is 1.82. The first kappa shape index (κ1) is 14.3. The van der Waals surface area contributed by atoms with Crippen molar-refractivity contribution in [2.24, 2.45) is 0 Å². The summed E-state index contributed by atoms with van der Waals surface area (Å²) < 4.78 is 2.25. The van der Waals surface area contributed by atoms with Crippen molar-refractivity contribution in [2.75, 3.05) is 0 Å². The van der Waals surface area contributed by atoms with E-state index in [4.69, 9.17) is 0 Å². The minimum absolute atomic E-state index is 0.273. The zero-order valence-electron chi connectivity index (χ0n) is 11.3. The second kappa shape index (κ2) is 6.44. The number of amides is 1. The number of halogens is 1. The molecule has 1 N–H and O–H groups in total. The van der Waals surface area contributed by atoms with Gasteiger partial charge in [0.05, 0.1) is 0 Å². The molecule has 0 fully saturated rings. The number of carbonyl (C=O) groups is 1. The van der Waals surface area contributed by atoms with Crippen molar-refractivity contribution in [2.45, 2.75) is 6.54 Å². The van der Waals surface area contributed by atoms with E-state index in [1.807, 2.05) is 12.1 Å². The summed E-state index contributed by atoms with van der Waals surface area (Å²) in [5.41, 5.74) is 1.22. The van der Waals surface area contributed by atoms with Crippen LogP contribution in [0.3, 0.4) is 0 Å². The molecular formula is C14H11BrN6O. The van der Waals surface area contributed by atoms with E-state index in [9.17, 15) is 4.79 Å². The van der Waals surface area contributed by atoms with E-state index in [2.05, 4.69) is 41.4 Å². The van der Waals surface area contributed by atoms with Crippen LogP contribution >= 0.6 is 15.9 Å². The van der Waals surface area contributed by atoms with Gasteiger partial charge in [-0.05, 0) is 39.7 Å². The molecule has 3 heterocycles. The molecule has 0 aliphatic heterocycles. The van der Waals surface area contributed by atoms with Gasteiger partial charge in [0.15, 0.2) is 0 Å². The van der Waals surface area contributed by atoms with Crippen LogP contribution < -0.4 is 5.32 Å². The van der Waals surface area contributed by atoms with Gasteiger partial charge in [-0.2, -0.15) is 0 Å². The summed E-state index contributed by atoms with van der Waals surface area (Å²) >= 11 is 3.34. The van der Waals surface area contributed by atoms with Gasteiger partial charge in [0.2, 0.25) is 0 Å². The number of hydrogen-bond donors (Lipinski definition) is 1. The lowest BCUT2D eigenvalue weighted by molar-refractivity contribution is 0.0945. The highest BCUT2D eigenvalue weighted by Crippen LogP contribution is 2.17. The topological polar surface area (TPSA) is 85.6 Å². The zero-order valence-corrected chi connectivity index (χ0v) is 12.9. The van der Waals surface area contributed by atoms with Crippen LogP contribution in [0.5, 0.6) is 0 Å². The number of hydrogen-bond acceptors (Lipinski definition) is 5. The minimum atomic E-state index is -0.273. The molecule has 0 atom stereocenters. The Labute approximate surface area is 134 Å². The Morgan fingerprint density at radius 2 is 2.05 bits per heavy atom. The molecule has 3 rings (SSSR count). The highest BCUT2D eigenvalue weighted by molar-refractivity contribution is 9.10. The maximum atomic E-state index is 12.3. The summed E-state index contributed by atoms with van der Waals surface area (Å²) in [5.74, 6) is 0.297. The van der Waals surface area contributed by atoms with Crippen LogP contribution in [0.15, 0.2) is 53.8 Å². The van der Waals surface area contributed by atoms with Gasteiger partial charge in [0.1, 0.15) is 24.2 Å². The lowest BCUT2D eigenvalue weighted by atomic mass is 10.2. The van der Waals surface area contributed by atoms with Crippen LogP contribution in [0, 0.1) is 0 Å². The van der Waals surface area contributed by atoms with Crippen molar-refractivity contribution in [3.8, 4) is 5.82 Å². The van der Waals surface area contributed by atoms with E-state index < -0.39 is 0 Å². The molecular weight excluding hydrogens is 348 g/mol. The first-order valence-electron chi connectivity index (χ1n) is 6.42. The van der Waals surface area contributed by atoms with Crippen LogP contribution in [-0.4, -0.2) is 30.6 Å². The average molecular weight is 359 g/mol. The summed E-state index contributed by atoms with van der Waals surface area (Å²) in [4.78, 5) is 20.6. The van der Waals surface area contributed by atoms with Gasteiger partial charge in [-0.15, -0.1) is 10.2 Å². The summed E-state index contributed by atoms with van der Waals surface area (Å²) in [5, 5.41) is 10.3. The molecule has 0 saturated heterocycles. The minimum Gasteiger partial charge on any atom is -0.347 e. The molecule has 7 nitrogen and oxygen atoms in total. The number of aromatic nitrogens is 5. The standard InChI is InChI=1S/C14H11BrN6O/c15-11-3-4-12(21-8-18-19-9-21)20-13(11)14(22)17-7-10-2-1-5-16-6-10/h1-6,8-9H,7H2,(H,17,22). The average Bonchev–Trinajstić information content (AvgIpc) is 3.08. The van der Waals surface area contributed by atoms with Crippen molar-refractivity contribution < 1.29 is 4.79 Å². The number of rotatable bonds is 4. The van der Waals surface area contributed by atoms with E-state index in [-0.39, 0.29) is 5.91 Å². The van der Waals surface area contributed by atoms with Crippen LogP contribution in [0.4, 0.5) is 0 Å². The monoisotopic (exact) mass is 358 g/mol. The summed E-state index contributed by atoms with van der Waals surface area (Å²) in [6.07, 6.45) is 6.43. The SMILES string of the molecule is O=C(NCc1cccnc1)c1nc(-n2cnnc2)ccc1Br. The molecule has 0 aliphatic carbocycles.